The van der Waals surface area contributed by atoms with Crippen molar-refractivity contribution < 1.29 is 4.39 Å². The summed E-state index contributed by atoms with van der Waals surface area (Å²) in [5, 5.41) is 0. The molecule has 0 aliphatic rings. The summed E-state index contributed by atoms with van der Waals surface area (Å²) in [7, 11) is 0. The molecule has 0 amide bonds. The number of halogens is 2. The van der Waals surface area contributed by atoms with Crippen LogP contribution in [0.2, 0.25) is 0 Å². The number of allylic oxidation sites excluding steroid dienone is 1. The highest BCUT2D eigenvalue weighted by Crippen LogP contribution is 2.17. The summed E-state index contributed by atoms with van der Waals surface area (Å²) in [5.74, 6) is -0.249. The lowest BCUT2D eigenvalue weighted by molar-refractivity contribution is 0.621. The largest absolute Gasteiger partial charge is 0.325 e. The smallest absolute Gasteiger partial charge is 0.117 e. The van der Waals surface area contributed by atoms with E-state index in [2.05, 4.69) is 0 Å². The van der Waals surface area contributed by atoms with Crippen LogP contribution >= 0.6 is 12.4 Å². The maximum atomic E-state index is 13.0. The molecule has 0 heterocycles. The Balaban J connectivity index is 0.00000144. The van der Waals surface area contributed by atoms with Crippen LogP contribution in [0.4, 0.5) is 4.39 Å². The Kier molecular flexibility index (Phi) is 5.35. The molecule has 0 aliphatic heterocycles. The molecule has 0 radical (unpaired) electrons. The monoisotopic (exact) mass is 201 g/mol. The lowest BCUT2D eigenvalue weighted by Gasteiger charge is -2.01. The second-order valence-corrected chi connectivity index (χ2v) is 2.60. The van der Waals surface area contributed by atoms with Gasteiger partial charge in [0.05, 0.1) is 0 Å². The van der Waals surface area contributed by atoms with Gasteiger partial charge in [-0.2, -0.15) is 0 Å². The third kappa shape index (κ3) is 3.17. The van der Waals surface area contributed by atoms with E-state index in [1.165, 1.54) is 0 Å². The molecular weight excluding hydrogens is 189 g/mol. The van der Waals surface area contributed by atoms with Crippen molar-refractivity contribution >= 4 is 18.0 Å². The molecule has 1 rings (SSSR count). The molecule has 0 fully saturated rings. The van der Waals surface area contributed by atoms with Crippen LogP contribution in [0.15, 0.2) is 36.2 Å². The second kappa shape index (κ2) is 5.73. The summed E-state index contributed by atoms with van der Waals surface area (Å²) in [4.78, 5) is 0. The van der Waals surface area contributed by atoms with Gasteiger partial charge >= 0.3 is 0 Å². The van der Waals surface area contributed by atoms with Gasteiger partial charge in [-0.1, -0.05) is 30.3 Å². The molecule has 0 saturated heterocycles. The van der Waals surface area contributed by atoms with Crippen molar-refractivity contribution in [2.45, 2.75) is 6.92 Å². The quantitative estimate of drug-likeness (QED) is 0.783. The Morgan fingerprint density at radius 3 is 2.31 bits per heavy atom. The van der Waals surface area contributed by atoms with Crippen LogP contribution in [0, 0.1) is 0 Å². The summed E-state index contributed by atoms with van der Waals surface area (Å²) in [6, 6.07) is 9.39. The van der Waals surface area contributed by atoms with Gasteiger partial charge in [0.25, 0.3) is 0 Å². The van der Waals surface area contributed by atoms with Crippen molar-refractivity contribution in [3.05, 3.63) is 41.7 Å². The molecule has 2 N–H and O–H groups in total. The van der Waals surface area contributed by atoms with Crippen LogP contribution in [0.25, 0.3) is 5.57 Å². The van der Waals surface area contributed by atoms with Gasteiger partial charge in [-0.3, -0.25) is 0 Å². The Morgan fingerprint density at radius 1 is 1.31 bits per heavy atom. The molecule has 0 unspecified atom stereocenters. The van der Waals surface area contributed by atoms with Crippen molar-refractivity contribution in [1.82, 2.24) is 0 Å². The minimum atomic E-state index is -0.249. The van der Waals surface area contributed by atoms with E-state index in [1.807, 2.05) is 30.3 Å². The lowest BCUT2D eigenvalue weighted by atomic mass is 10.1. The number of benzene rings is 1. The molecule has 0 saturated carbocycles. The average molecular weight is 202 g/mol. The zero-order valence-electron chi connectivity index (χ0n) is 7.46. The zero-order chi connectivity index (χ0) is 8.97. The lowest BCUT2D eigenvalue weighted by Crippen LogP contribution is -2.00. The highest BCUT2D eigenvalue weighted by Gasteiger charge is 2.00. The van der Waals surface area contributed by atoms with Gasteiger partial charge in [-0.15, -0.1) is 12.4 Å². The molecule has 0 bridgehead atoms. The SMILES string of the molecule is C/C(=C(/F)CN)c1ccccc1.Cl. The summed E-state index contributed by atoms with van der Waals surface area (Å²) < 4.78 is 13.0. The van der Waals surface area contributed by atoms with Gasteiger partial charge in [0.2, 0.25) is 0 Å². The Hall–Kier alpha value is -0.860. The average Bonchev–Trinajstić information content (AvgIpc) is 2.17. The number of hydrogen-bond acceptors (Lipinski definition) is 1. The zero-order valence-corrected chi connectivity index (χ0v) is 8.27. The molecule has 1 aromatic carbocycles. The normalized spacial score (nSPS) is 11.6. The number of nitrogens with two attached hydrogens (primary N) is 1. The fraction of sp³-hybridized carbons (Fsp3) is 0.200. The topological polar surface area (TPSA) is 26.0 Å². The maximum Gasteiger partial charge on any atom is 0.117 e. The van der Waals surface area contributed by atoms with Crippen molar-refractivity contribution in [3.8, 4) is 0 Å². The van der Waals surface area contributed by atoms with Gasteiger partial charge in [0.15, 0.2) is 0 Å². The fourth-order valence-corrected chi connectivity index (χ4v) is 0.998. The summed E-state index contributed by atoms with van der Waals surface area (Å²) >= 11 is 0. The van der Waals surface area contributed by atoms with E-state index < -0.39 is 0 Å². The van der Waals surface area contributed by atoms with Crippen LogP contribution in [-0.4, -0.2) is 6.54 Å². The van der Waals surface area contributed by atoms with Crippen LogP contribution < -0.4 is 5.73 Å². The Bertz CT molecular complexity index is 282. The van der Waals surface area contributed by atoms with E-state index in [0.29, 0.717) is 5.57 Å². The molecule has 13 heavy (non-hydrogen) atoms. The predicted octanol–water partition coefficient (Wildman–Crippen LogP) is 2.77. The minimum absolute atomic E-state index is 0. The van der Waals surface area contributed by atoms with Crippen molar-refractivity contribution in [2.24, 2.45) is 5.73 Å². The molecule has 72 valence electrons. The predicted molar refractivity (Wildman–Crippen MR) is 56.4 cm³/mol. The Morgan fingerprint density at radius 2 is 1.85 bits per heavy atom. The third-order valence-corrected chi connectivity index (χ3v) is 1.79. The van der Waals surface area contributed by atoms with Gasteiger partial charge in [0.1, 0.15) is 5.83 Å². The van der Waals surface area contributed by atoms with E-state index in [1.54, 1.807) is 6.92 Å². The summed E-state index contributed by atoms with van der Waals surface area (Å²) in [5.41, 5.74) is 6.69. The minimum Gasteiger partial charge on any atom is -0.325 e. The van der Waals surface area contributed by atoms with E-state index >= 15 is 0 Å². The van der Waals surface area contributed by atoms with Crippen LogP contribution in [0.1, 0.15) is 12.5 Å². The van der Waals surface area contributed by atoms with Crippen molar-refractivity contribution in [1.29, 1.82) is 0 Å². The summed E-state index contributed by atoms with van der Waals surface area (Å²) in [6.45, 7) is 1.71. The molecule has 0 aromatic heterocycles. The number of rotatable bonds is 2. The van der Waals surface area contributed by atoms with Gasteiger partial charge in [0, 0.05) is 6.54 Å². The van der Waals surface area contributed by atoms with E-state index in [4.69, 9.17) is 5.73 Å². The van der Waals surface area contributed by atoms with Crippen molar-refractivity contribution in [2.75, 3.05) is 6.54 Å². The first-order valence-electron chi connectivity index (χ1n) is 3.86. The molecular formula is C10H13ClFN. The first kappa shape index (κ1) is 12.1. The second-order valence-electron chi connectivity index (χ2n) is 2.60. The van der Waals surface area contributed by atoms with Crippen LogP contribution in [0.5, 0.6) is 0 Å². The maximum absolute atomic E-state index is 13.0. The molecule has 0 aliphatic carbocycles. The number of hydrogen-bond donors (Lipinski definition) is 1. The van der Waals surface area contributed by atoms with E-state index in [0.717, 1.165) is 5.56 Å². The molecule has 1 aromatic rings. The van der Waals surface area contributed by atoms with E-state index in [9.17, 15) is 4.39 Å². The molecule has 0 atom stereocenters. The highest BCUT2D eigenvalue weighted by atomic mass is 35.5. The molecule has 1 nitrogen and oxygen atoms in total. The Labute approximate surface area is 83.9 Å². The van der Waals surface area contributed by atoms with E-state index in [-0.39, 0.29) is 24.8 Å². The molecule has 3 heteroatoms. The van der Waals surface area contributed by atoms with Crippen molar-refractivity contribution in [3.63, 3.8) is 0 Å². The standard InChI is InChI=1S/C10H12FN.ClH/c1-8(10(11)7-12)9-5-3-2-4-6-9;/h2-6H,7,12H2,1H3;1H/b10-8-;. The summed E-state index contributed by atoms with van der Waals surface area (Å²) in [6.07, 6.45) is 0. The highest BCUT2D eigenvalue weighted by molar-refractivity contribution is 5.85. The van der Waals surface area contributed by atoms with Gasteiger partial charge in [-0.05, 0) is 18.1 Å². The van der Waals surface area contributed by atoms with Gasteiger partial charge < -0.3 is 5.73 Å². The first-order chi connectivity index (χ1) is 5.75. The fourth-order valence-electron chi connectivity index (χ4n) is 0.998. The van der Waals surface area contributed by atoms with Crippen LogP contribution in [0.3, 0.4) is 0 Å². The third-order valence-electron chi connectivity index (χ3n) is 1.79. The molecule has 0 spiro atoms. The van der Waals surface area contributed by atoms with Gasteiger partial charge in [-0.25, -0.2) is 4.39 Å². The first-order valence-corrected chi connectivity index (χ1v) is 3.86. The van der Waals surface area contributed by atoms with Crippen LogP contribution in [-0.2, 0) is 0 Å².